The summed E-state index contributed by atoms with van der Waals surface area (Å²) in [6, 6.07) is 0. The lowest BCUT2D eigenvalue weighted by Crippen LogP contribution is -2.45. The smallest absolute Gasteiger partial charge is 0.233 e. The molecule has 0 fully saturated rings. The molecule has 0 radical (unpaired) electrons. The van der Waals surface area contributed by atoms with Gasteiger partial charge in [0.1, 0.15) is 11.2 Å². The average molecular weight is 254 g/mol. The number of carbonyl (C=O) groups is 1. The number of oxime groups is 1. The monoisotopic (exact) mass is 254 g/mol. The summed E-state index contributed by atoms with van der Waals surface area (Å²) in [5, 5.41) is 18.0. The van der Waals surface area contributed by atoms with E-state index in [-0.39, 0.29) is 11.7 Å². The van der Waals surface area contributed by atoms with Crippen LogP contribution in [0.15, 0.2) is 9.68 Å². The zero-order chi connectivity index (χ0) is 13.9. The number of carbonyl (C=O) groups excluding carboxylic acids is 1. The van der Waals surface area contributed by atoms with E-state index in [1.165, 1.54) is 0 Å². The summed E-state index contributed by atoms with van der Waals surface area (Å²) in [6.45, 7) is 7.01. The van der Waals surface area contributed by atoms with Crippen LogP contribution in [0.2, 0.25) is 0 Å². The predicted octanol–water partition coefficient (Wildman–Crippen LogP) is 0.680. The van der Waals surface area contributed by atoms with Crippen LogP contribution in [0.1, 0.15) is 30.9 Å². The lowest BCUT2D eigenvalue weighted by molar-refractivity contribution is -0.126. The Morgan fingerprint density at radius 3 is 2.61 bits per heavy atom. The van der Waals surface area contributed by atoms with E-state index in [1.807, 2.05) is 0 Å². The summed E-state index contributed by atoms with van der Waals surface area (Å²) in [5.74, 6) is 0.186. The number of aromatic nitrogens is 1. The van der Waals surface area contributed by atoms with Crippen molar-refractivity contribution in [3.8, 4) is 0 Å². The van der Waals surface area contributed by atoms with Crippen molar-refractivity contribution in [2.75, 3.05) is 0 Å². The Balaban J connectivity index is 2.73. The Bertz CT molecular complexity index is 457. The number of aryl methyl sites for hydroxylation is 2. The van der Waals surface area contributed by atoms with Crippen LogP contribution in [-0.4, -0.2) is 22.1 Å². The van der Waals surface area contributed by atoms with Crippen LogP contribution in [0, 0.1) is 19.3 Å². The zero-order valence-corrected chi connectivity index (χ0v) is 10.9. The summed E-state index contributed by atoms with van der Waals surface area (Å²) in [5.41, 5.74) is 5.96. The number of nitrogens with one attached hydrogen (secondary N) is 1. The van der Waals surface area contributed by atoms with Gasteiger partial charge in [-0.25, -0.2) is 0 Å². The minimum Gasteiger partial charge on any atom is -0.409 e. The molecular formula is C11H18N4O3. The fourth-order valence-electron chi connectivity index (χ4n) is 1.39. The third-order valence-electron chi connectivity index (χ3n) is 2.92. The molecule has 1 aromatic rings. The van der Waals surface area contributed by atoms with Crippen LogP contribution in [0.3, 0.4) is 0 Å². The van der Waals surface area contributed by atoms with Gasteiger partial charge in [-0.1, -0.05) is 10.3 Å². The van der Waals surface area contributed by atoms with Gasteiger partial charge in [-0.15, -0.1) is 0 Å². The van der Waals surface area contributed by atoms with Gasteiger partial charge >= 0.3 is 0 Å². The molecule has 1 heterocycles. The van der Waals surface area contributed by atoms with Crippen LogP contribution in [0.25, 0.3) is 0 Å². The first-order chi connectivity index (χ1) is 8.30. The summed E-state index contributed by atoms with van der Waals surface area (Å²) < 4.78 is 4.99. The van der Waals surface area contributed by atoms with E-state index in [4.69, 9.17) is 15.5 Å². The highest BCUT2D eigenvalue weighted by Crippen LogP contribution is 2.17. The van der Waals surface area contributed by atoms with Gasteiger partial charge in [0.25, 0.3) is 0 Å². The molecule has 0 aromatic carbocycles. The second kappa shape index (κ2) is 5.07. The van der Waals surface area contributed by atoms with Gasteiger partial charge in [-0.05, 0) is 27.7 Å². The molecule has 0 bridgehead atoms. The Kier molecular flexibility index (Phi) is 3.95. The first kappa shape index (κ1) is 14.0. The lowest BCUT2D eigenvalue weighted by Gasteiger charge is -2.21. The summed E-state index contributed by atoms with van der Waals surface area (Å²) >= 11 is 0. The minimum absolute atomic E-state index is 0.140. The first-order valence-electron chi connectivity index (χ1n) is 5.48. The summed E-state index contributed by atoms with van der Waals surface area (Å²) in [4.78, 5) is 11.9. The van der Waals surface area contributed by atoms with E-state index >= 15 is 0 Å². The number of rotatable bonds is 4. The van der Waals surface area contributed by atoms with E-state index in [9.17, 15) is 4.79 Å². The van der Waals surface area contributed by atoms with E-state index in [0.29, 0.717) is 12.3 Å². The third-order valence-corrected chi connectivity index (χ3v) is 2.92. The van der Waals surface area contributed by atoms with Crippen LogP contribution in [-0.2, 0) is 11.3 Å². The molecule has 100 valence electrons. The third kappa shape index (κ3) is 2.61. The Morgan fingerprint density at radius 1 is 1.56 bits per heavy atom. The quantitative estimate of drug-likeness (QED) is 0.316. The van der Waals surface area contributed by atoms with Gasteiger partial charge in [0.15, 0.2) is 5.84 Å². The van der Waals surface area contributed by atoms with Crippen molar-refractivity contribution in [3.05, 3.63) is 17.0 Å². The second-order valence-electron chi connectivity index (χ2n) is 4.60. The van der Waals surface area contributed by atoms with Crippen molar-refractivity contribution < 1.29 is 14.5 Å². The van der Waals surface area contributed by atoms with Crippen molar-refractivity contribution in [1.29, 1.82) is 0 Å². The van der Waals surface area contributed by atoms with E-state index in [0.717, 1.165) is 11.3 Å². The van der Waals surface area contributed by atoms with Gasteiger partial charge in [0.2, 0.25) is 5.91 Å². The number of amides is 1. The van der Waals surface area contributed by atoms with E-state index < -0.39 is 5.41 Å². The highest BCUT2D eigenvalue weighted by molar-refractivity contribution is 6.05. The van der Waals surface area contributed by atoms with Crippen LogP contribution < -0.4 is 11.1 Å². The predicted molar refractivity (Wildman–Crippen MR) is 65.0 cm³/mol. The standard InChI is InChI=1S/C11H18N4O3/c1-6-8(7(2)18-15-6)5-13-10(16)11(3,4)9(12)14-17/h17H,5H2,1-4H3,(H2,12,14)(H,13,16). The molecule has 1 amide bonds. The SMILES string of the molecule is Cc1noc(C)c1CNC(=O)C(C)(C)C(N)=NO. The molecule has 7 heteroatoms. The largest absolute Gasteiger partial charge is 0.409 e. The summed E-state index contributed by atoms with van der Waals surface area (Å²) in [6.07, 6.45) is 0. The summed E-state index contributed by atoms with van der Waals surface area (Å²) in [7, 11) is 0. The molecule has 0 spiro atoms. The van der Waals surface area contributed by atoms with Crippen LogP contribution in [0.5, 0.6) is 0 Å². The van der Waals surface area contributed by atoms with Gasteiger partial charge in [0.05, 0.1) is 5.69 Å². The number of hydrogen-bond donors (Lipinski definition) is 3. The molecule has 1 aromatic heterocycles. The first-order valence-corrected chi connectivity index (χ1v) is 5.48. The lowest BCUT2D eigenvalue weighted by atomic mass is 9.91. The van der Waals surface area contributed by atoms with Gasteiger partial charge < -0.3 is 20.8 Å². The molecule has 0 aliphatic carbocycles. The van der Waals surface area contributed by atoms with Crippen molar-refractivity contribution in [3.63, 3.8) is 0 Å². The highest BCUT2D eigenvalue weighted by Gasteiger charge is 2.32. The Labute approximate surface area is 105 Å². The molecule has 0 saturated heterocycles. The molecule has 18 heavy (non-hydrogen) atoms. The van der Waals surface area contributed by atoms with E-state index in [2.05, 4.69) is 15.6 Å². The minimum atomic E-state index is -1.08. The van der Waals surface area contributed by atoms with Gasteiger partial charge in [-0.2, -0.15) is 0 Å². The Morgan fingerprint density at radius 2 is 2.17 bits per heavy atom. The Hall–Kier alpha value is -2.05. The van der Waals surface area contributed by atoms with Crippen molar-refractivity contribution in [2.24, 2.45) is 16.3 Å². The van der Waals surface area contributed by atoms with E-state index in [1.54, 1.807) is 27.7 Å². The number of hydrogen-bond acceptors (Lipinski definition) is 5. The molecule has 1 rings (SSSR count). The molecular weight excluding hydrogens is 236 g/mol. The molecule has 0 aliphatic heterocycles. The highest BCUT2D eigenvalue weighted by atomic mass is 16.5. The van der Waals surface area contributed by atoms with Crippen molar-refractivity contribution >= 4 is 11.7 Å². The van der Waals surface area contributed by atoms with Crippen LogP contribution in [0.4, 0.5) is 0 Å². The number of amidine groups is 1. The maximum Gasteiger partial charge on any atom is 0.233 e. The van der Waals surface area contributed by atoms with Crippen molar-refractivity contribution in [1.82, 2.24) is 10.5 Å². The molecule has 7 nitrogen and oxygen atoms in total. The van der Waals surface area contributed by atoms with Gasteiger partial charge in [-0.3, -0.25) is 4.79 Å². The molecule has 0 saturated carbocycles. The van der Waals surface area contributed by atoms with Gasteiger partial charge in [0, 0.05) is 12.1 Å². The number of nitrogens with zero attached hydrogens (tertiary/aromatic N) is 2. The maximum absolute atomic E-state index is 11.9. The normalized spacial score (nSPS) is 12.6. The topological polar surface area (TPSA) is 114 Å². The van der Waals surface area contributed by atoms with Crippen molar-refractivity contribution in [2.45, 2.75) is 34.2 Å². The second-order valence-corrected chi connectivity index (χ2v) is 4.60. The fourth-order valence-corrected chi connectivity index (χ4v) is 1.39. The molecule has 0 atom stereocenters. The maximum atomic E-state index is 11.9. The molecule has 0 unspecified atom stereocenters. The van der Waals surface area contributed by atoms with Crippen LogP contribution >= 0.6 is 0 Å². The molecule has 0 aliphatic rings. The molecule has 4 N–H and O–H groups in total. The zero-order valence-electron chi connectivity index (χ0n) is 10.9. The fraction of sp³-hybridized carbons (Fsp3) is 0.545. The average Bonchev–Trinajstić information content (AvgIpc) is 2.64. The number of nitrogens with two attached hydrogens (primary N) is 1.